The maximum absolute atomic E-state index is 3.34. The van der Waals surface area contributed by atoms with Gasteiger partial charge in [0.05, 0.1) is 0 Å². The minimum Gasteiger partial charge on any atom is -0.374 e. The van der Waals surface area contributed by atoms with Crippen molar-refractivity contribution in [1.82, 2.24) is 5.32 Å². The summed E-state index contributed by atoms with van der Waals surface area (Å²) in [5.41, 5.74) is 5.10. The maximum Gasteiger partial charge on any atom is 0.0366 e. The summed E-state index contributed by atoms with van der Waals surface area (Å²) >= 11 is 0. The Morgan fingerprint density at radius 1 is 1.22 bits per heavy atom. The first-order valence-electron chi connectivity index (χ1n) is 7.20. The topological polar surface area (TPSA) is 15.3 Å². The summed E-state index contributed by atoms with van der Waals surface area (Å²) in [5, 5.41) is 3.34. The maximum atomic E-state index is 3.34. The van der Waals surface area contributed by atoms with E-state index in [4.69, 9.17) is 0 Å². The van der Waals surface area contributed by atoms with Crippen molar-refractivity contribution in [3.63, 3.8) is 0 Å². The van der Waals surface area contributed by atoms with E-state index in [0.717, 1.165) is 6.54 Å². The molecule has 0 heterocycles. The van der Waals surface area contributed by atoms with E-state index < -0.39 is 0 Å². The van der Waals surface area contributed by atoms with E-state index in [0.29, 0.717) is 5.41 Å². The van der Waals surface area contributed by atoms with Crippen molar-refractivity contribution in [2.24, 2.45) is 5.41 Å². The van der Waals surface area contributed by atoms with Crippen LogP contribution in [0.1, 0.15) is 30.4 Å². The Balaban J connectivity index is 1.71. The minimum absolute atomic E-state index is 0.544. The summed E-state index contributed by atoms with van der Waals surface area (Å²) in [7, 11) is 4.31. The number of hydrogen-bond acceptors (Lipinski definition) is 2. The molecule has 1 aromatic carbocycles. The molecule has 0 atom stereocenters. The van der Waals surface area contributed by atoms with Crippen LogP contribution >= 0.6 is 0 Å². The van der Waals surface area contributed by atoms with E-state index in [1.807, 2.05) is 0 Å². The van der Waals surface area contributed by atoms with Gasteiger partial charge in [-0.2, -0.15) is 0 Å². The molecule has 0 saturated heterocycles. The Morgan fingerprint density at radius 3 is 2.72 bits per heavy atom. The van der Waals surface area contributed by atoms with Crippen LogP contribution in [0, 0.1) is 5.41 Å². The van der Waals surface area contributed by atoms with Crippen molar-refractivity contribution in [1.29, 1.82) is 0 Å². The quantitative estimate of drug-likeness (QED) is 0.856. The normalized spacial score (nSPS) is 19.7. The van der Waals surface area contributed by atoms with E-state index in [1.54, 1.807) is 11.1 Å². The first-order chi connectivity index (χ1) is 8.72. The Labute approximate surface area is 110 Å². The molecular formula is C16H24N2. The van der Waals surface area contributed by atoms with Crippen molar-refractivity contribution in [2.75, 3.05) is 32.1 Å². The summed E-state index contributed by atoms with van der Waals surface area (Å²) in [4.78, 5) is 2.45. The molecule has 1 fully saturated rings. The molecule has 0 spiro atoms. The van der Waals surface area contributed by atoms with Crippen LogP contribution in [-0.4, -0.2) is 27.2 Å². The van der Waals surface area contributed by atoms with Crippen molar-refractivity contribution in [3.8, 4) is 0 Å². The largest absolute Gasteiger partial charge is 0.374 e. The lowest BCUT2D eigenvalue weighted by Crippen LogP contribution is -2.32. The van der Waals surface area contributed by atoms with Crippen molar-refractivity contribution in [3.05, 3.63) is 29.3 Å². The second-order valence-corrected chi connectivity index (χ2v) is 6.19. The van der Waals surface area contributed by atoms with Gasteiger partial charge in [0.25, 0.3) is 0 Å². The van der Waals surface area contributed by atoms with Crippen LogP contribution in [0.5, 0.6) is 0 Å². The molecule has 0 aliphatic heterocycles. The number of hydrogen-bond donors (Lipinski definition) is 1. The molecule has 0 amide bonds. The number of aryl methyl sites for hydroxylation is 2. The fourth-order valence-corrected chi connectivity index (χ4v) is 3.33. The van der Waals surface area contributed by atoms with Gasteiger partial charge in [0, 0.05) is 31.2 Å². The Kier molecular flexibility index (Phi) is 3.06. The molecule has 2 aliphatic carbocycles. The lowest BCUT2D eigenvalue weighted by molar-refractivity contribution is 0.482. The third kappa shape index (κ3) is 2.26. The summed E-state index contributed by atoms with van der Waals surface area (Å²) in [6.45, 7) is 2.34. The molecule has 0 radical (unpaired) electrons. The summed E-state index contributed by atoms with van der Waals surface area (Å²) < 4.78 is 0. The number of rotatable bonds is 5. The zero-order valence-corrected chi connectivity index (χ0v) is 11.6. The van der Waals surface area contributed by atoms with Crippen molar-refractivity contribution < 1.29 is 0 Å². The first-order valence-corrected chi connectivity index (χ1v) is 7.20. The average Bonchev–Trinajstić information content (AvgIpc) is 2.95. The number of fused-ring (bicyclic) bond motifs is 1. The van der Waals surface area contributed by atoms with Gasteiger partial charge in [-0.1, -0.05) is 6.07 Å². The highest BCUT2D eigenvalue weighted by Crippen LogP contribution is 2.46. The standard InChI is InChI=1S/C16H24N2/c1-17-11-16(8-9-16)12-18(2)15-7-6-13-4-3-5-14(13)10-15/h6-7,10,17H,3-5,8-9,11-12H2,1-2H3. The van der Waals surface area contributed by atoms with Gasteiger partial charge in [-0.05, 0) is 62.4 Å². The molecule has 3 rings (SSSR count). The number of nitrogens with zero attached hydrogens (tertiary/aromatic N) is 1. The zero-order valence-electron chi connectivity index (χ0n) is 11.6. The average molecular weight is 244 g/mol. The van der Waals surface area contributed by atoms with E-state index in [2.05, 4.69) is 42.5 Å². The summed E-state index contributed by atoms with van der Waals surface area (Å²) in [6, 6.07) is 7.06. The number of nitrogens with one attached hydrogen (secondary N) is 1. The van der Waals surface area contributed by atoms with Crippen LogP contribution in [0.4, 0.5) is 5.69 Å². The van der Waals surface area contributed by atoms with Gasteiger partial charge in [-0.25, -0.2) is 0 Å². The highest BCUT2D eigenvalue weighted by Gasteiger charge is 2.42. The van der Waals surface area contributed by atoms with Gasteiger partial charge in [0.2, 0.25) is 0 Å². The SMILES string of the molecule is CNCC1(CN(C)c2ccc3c(c2)CCC3)CC1. The van der Waals surface area contributed by atoms with E-state index in [9.17, 15) is 0 Å². The predicted octanol–water partition coefficient (Wildman–Crippen LogP) is 2.61. The molecular weight excluding hydrogens is 220 g/mol. The fraction of sp³-hybridized carbons (Fsp3) is 0.625. The van der Waals surface area contributed by atoms with Gasteiger partial charge < -0.3 is 10.2 Å². The third-order valence-electron chi connectivity index (χ3n) is 4.60. The molecule has 98 valence electrons. The van der Waals surface area contributed by atoms with Crippen LogP contribution in [0.3, 0.4) is 0 Å². The Morgan fingerprint density at radius 2 is 2.00 bits per heavy atom. The second-order valence-electron chi connectivity index (χ2n) is 6.19. The zero-order chi connectivity index (χ0) is 12.6. The van der Waals surface area contributed by atoms with Gasteiger partial charge >= 0.3 is 0 Å². The summed E-state index contributed by atoms with van der Waals surface area (Å²) in [6.07, 6.45) is 6.65. The van der Waals surface area contributed by atoms with Gasteiger partial charge in [0.15, 0.2) is 0 Å². The predicted molar refractivity (Wildman–Crippen MR) is 77.3 cm³/mol. The van der Waals surface area contributed by atoms with Crippen molar-refractivity contribution in [2.45, 2.75) is 32.1 Å². The van der Waals surface area contributed by atoms with Gasteiger partial charge in [-0.3, -0.25) is 0 Å². The van der Waals surface area contributed by atoms with Crippen LogP contribution in [0.2, 0.25) is 0 Å². The summed E-state index contributed by atoms with van der Waals surface area (Å²) in [5.74, 6) is 0. The second kappa shape index (κ2) is 4.58. The molecule has 1 saturated carbocycles. The molecule has 2 nitrogen and oxygen atoms in total. The Bertz CT molecular complexity index is 435. The van der Waals surface area contributed by atoms with E-state index in [1.165, 1.54) is 44.3 Å². The van der Waals surface area contributed by atoms with Crippen LogP contribution in [0.25, 0.3) is 0 Å². The number of benzene rings is 1. The lowest BCUT2D eigenvalue weighted by atomic mass is 10.1. The third-order valence-corrected chi connectivity index (χ3v) is 4.60. The van der Waals surface area contributed by atoms with E-state index in [-0.39, 0.29) is 0 Å². The van der Waals surface area contributed by atoms with E-state index >= 15 is 0 Å². The molecule has 2 aliphatic rings. The first kappa shape index (κ1) is 12.0. The highest BCUT2D eigenvalue weighted by atomic mass is 15.1. The van der Waals surface area contributed by atoms with Crippen LogP contribution in [0.15, 0.2) is 18.2 Å². The number of anilines is 1. The van der Waals surface area contributed by atoms with Gasteiger partial charge in [-0.15, -0.1) is 0 Å². The lowest BCUT2D eigenvalue weighted by Gasteiger charge is -2.26. The monoisotopic (exact) mass is 244 g/mol. The molecule has 0 unspecified atom stereocenters. The smallest absolute Gasteiger partial charge is 0.0366 e. The van der Waals surface area contributed by atoms with Crippen molar-refractivity contribution >= 4 is 5.69 Å². The fourth-order valence-electron chi connectivity index (χ4n) is 3.33. The van der Waals surface area contributed by atoms with Crippen LogP contribution < -0.4 is 10.2 Å². The molecule has 1 N–H and O–H groups in total. The molecule has 2 heteroatoms. The van der Waals surface area contributed by atoms with Gasteiger partial charge in [0.1, 0.15) is 0 Å². The molecule has 1 aromatic rings. The molecule has 0 bridgehead atoms. The van der Waals surface area contributed by atoms with Crippen LogP contribution in [-0.2, 0) is 12.8 Å². The molecule has 0 aromatic heterocycles. The highest BCUT2D eigenvalue weighted by molar-refractivity contribution is 5.52. The minimum atomic E-state index is 0.544. The molecule has 18 heavy (non-hydrogen) atoms. The Hall–Kier alpha value is -1.02.